The minimum absolute atomic E-state index is 0.376. The van der Waals surface area contributed by atoms with E-state index in [1.165, 1.54) is 48.9 Å². The van der Waals surface area contributed by atoms with E-state index in [4.69, 9.17) is 0 Å². The van der Waals surface area contributed by atoms with Gasteiger partial charge in [0.05, 0.1) is 0 Å². The lowest BCUT2D eigenvalue weighted by Gasteiger charge is -2.26. The standard InChI is InChI=1S/C15H22N2/c1-15(8-2-3-9-15)17-11-13-6-4-5-12-7-10-16-14(12)13/h4-6,16-17H,2-3,7-11H2,1H3. The summed E-state index contributed by atoms with van der Waals surface area (Å²) in [5.41, 5.74) is 4.69. The normalized spacial score (nSPS) is 21.2. The van der Waals surface area contributed by atoms with Crippen LogP contribution in [0.4, 0.5) is 5.69 Å². The molecule has 0 saturated heterocycles. The Bertz CT molecular complexity index is 405. The van der Waals surface area contributed by atoms with Crippen LogP contribution in [0.25, 0.3) is 0 Å². The Labute approximate surface area is 104 Å². The summed E-state index contributed by atoms with van der Waals surface area (Å²) in [6, 6.07) is 6.69. The smallest absolute Gasteiger partial charge is 0.0419 e. The van der Waals surface area contributed by atoms with Crippen LogP contribution < -0.4 is 10.6 Å². The van der Waals surface area contributed by atoms with Gasteiger partial charge in [-0.25, -0.2) is 0 Å². The van der Waals surface area contributed by atoms with Gasteiger partial charge in [-0.3, -0.25) is 0 Å². The SMILES string of the molecule is CC1(NCc2cccc3c2NCC3)CCCC1. The van der Waals surface area contributed by atoms with E-state index >= 15 is 0 Å². The van der Waals surface area contributed by atoms with E-state index < -0.39 is 0 Å². The topological polar surface area (TPSA) is 24.1 Å². The van der Waals surface area contributed by atoms with E-state index in [2.05, 4.69) is 35.8 Å². The monoisotopic (exact) mass is 230 g/mol. The number of rotatable bonds is 3. The molecule has 1 aromatic carbocycles. The Kier molecular flexibility index (Phi) is 2.83. The van der Waals surface area contributed by atoms with Gasteiger partial charge >= 0.3 is 0 Å². The second kappa shape index (κ2) is 4.34. The Hall–Kier alpha value is -1.02. The van der Waals surface area contributed by atoms with Crippen molar-refractivity contribution in [2.75, 3.05) is 11.9 Å². The lowest BCUT2D eigenvalue weighted by Crippen LogP contribution is -2.38. The molecule has 0 spiro atoms. The van der Waals surface area contributed by atoms with Crippen molar-refractivity contribution in [3.05, 3.63) is 29.3 Å². The summed E-state index contributed by atoms with van der Waals surface area (Å²) >= 11 is 0. The third-order valence-electron chi connectivity index (χ3n) is 4.35. The van der Waals surface area contributed by atoms with E-state index in [0.29, 0.717) is 5.54 Å². The molecule has 1 aliphatic carbocycles. The summed E-state index contributed by atoms with van der Waals surface area (Å²) in [5, 5.41) is 7.28. The first-order chi connectivity index (χ1) is 8.27. The molecule has 92 valence electrons. The second-order valence-corrected chi connectivity index (χ2v) is 5.75. The van der Waals surface area contributed by atoms with Crippen LogP contribution in [-0.4, -0.2) is 12.1 Å². The Balaban J connectivity index is 1.71. The van der Waals surface area contributed by atoms with E-state index in [0.717, 1.165) is 13.1 Å². The van der Waals surface area contributed by atoms with Crippen molar-refractivity contribution < 1.29 is 0 Å². The summed E-state index contributed by atoms with van der Waals surface area (Å²) < 4.78 is 0. The summed E-state index contributed by atoms with van der Waals surface area (Å²) in [6.45, 7) is 4.48. The number of para-hydroxylation sites is 1. The van der Waals surface area contributed by atoms with E-state index in [1.54, 1.807) is 0 Å². The molecule has 0 atom stereocenters. The molecule has 1 aliphatic heterocycles. The number of hydrogen-bond donors (Lipinski definition) is 2. The number of benzene rings is 1. The molecular formula is C15H22N2. The fraction of sp³-hybridized carbons (Fsp3) is 0.600. The van der Waals surface area contributed by atoms with Gasteiger partial charge in [-0.05, 0) is 37.3 Å². The van der Waals surface area contributed by atoms with Crippen LogP contribution in [0.15, 0.2) is 18.2 Å². The van der Waals surface area contributed by atoms with Crippen LogP contribution in [0.5, 0.6) is 0 Å². The maximum atomic E-state index is 3.76. The molecule has 1 fully saturated rings. The Morgan fingerprint density at radius 3 is 2.94 bits per heavy atom. The molecule has 0 aromatic heterocycles. The fourth-order valence-electron chi connectivity index (χ4n) is 3.20. The van der Waals surface area contributed by atoms with E-state index in [9.17, 15) is 0 Å². The molecule has 3 rings (SSSR count). The van der Waals surface area contributed by atoms with Crippen molar-refractivity contribution in [2.24, 2.45) is 0 Å². The summed E-state index contributed by atoms with van der Waals surface area (Å²) in [4.78, 5) is 0. The number of fused-ring (bicyclic) bond motifs is 1. The molecule has 17 heavy (non-hydrogen) atoms. The number of anilines is 1. The quantitative estimate of drug-likeness (QED) is 0.834. The van der Waals surface area contributed by atoms with Crippen LogP contribution >= 0.6 is 0 Å². The first kappa shape index (κ1) is 11.1. The van der Waals surface area contributed by atoms with Crippen LogP contribution in [0.1, 0.15) is 43.7 Å². The number of hydrogen-bond acceptors (Lipinski definition) is 2. The average Bonchev–Trinajstić information content (AvgIpc) is 2.95. The van der Waals surface area contributed by atoms with E-state index in [1.807, 2.05) is 0 Å². The third-order valence-corrected chi connectivity index (χ3v) is 4.35. The van der Waals surface area contributed by atoms with Gasteiger partial charge in [0.25, 0.3) is 0 Å². The second-order valence-electron chi connectivity index (χ2n) is 5.75. The van der Waals surface area contributed by atoms with Crippen LogP contribution in [0.3, 0.4) is 0 Å². The van der Waals surface area contributed by atoms with Crippen molar-refractivity contribution in [1.82, 2.24) is 5.32 Å². The van der Waals surface area contributed by atoms with Crippen molar-refractivity contribution in [2.45, 2.75) is 51.1 Å². The molecule has 0 radical (unpaired) electrons. The summed E-state index contributed by atoms with van der Waals surface area (Å²) in [6.07, 6.45) is 6.61. The molecule has 1 aromatic rings. The maximum absolute atomic E-state index is 3.76. The van der Waals surface area contributed by atoms with Gasteiger partial charge in [-0.1, -0.05) is 31.0 Å². The lowest BCUT2D eigenvalue weighted by molar-refractivity contribution is 0.363. The molecule has 0 bridgehead atoms. The molecule has 2 heteroatoms. The van der Waals surface area contributed by atoms with Crippen molar-refractivity contribution >= 4 is 5.69 Å². The maximum Gasteiger partial charge on any atom is 0.0419 e. The van der Waals surface area contributed by atoms with Crippen molar-refractivity contribution in [3.8, 4) is 0 Å². The van der Waals surface area contributed by atoms with Gasteiger partial charge < -0.3 is 10.6 Å². The van der Waals surface area contributed by atoms with Gasteiger partial charge in [-0.2, -0.15) is 0 Å². The molecule has 1 saturated carbocycles. The van der Waals surface area contributed by atoms with Crippen LogP contribution in [-0.2, 0) is 13.0 Å². The lowest BCUT2D eigenvalue weighted by atomic mass is 9.99. The zero-order valence-corrected chi connectivity index (χ0v) is 10.7. The fourth-order valence-corrected chi connectivity index (χ4v) is 3.20. The Morgan fingerprint density at radius 1 is 1.29 bits per heavy atom. The van der Waals surface area contributed by atoms with Gasteiger partial charge in [0, 0.05) is 24.3 Å². The average molecular weight is 230 g/mol. The predicted octanol–water partition coefficient (Wildman–Crippen LogP) is 3.08. The minimum atomic E-state index is 0.376. The highest BCUT2D eigenvalue weighted by molar-refractivity contribution is 5.61. The first-order valence-corrected chi connectivity index (χ1v) is 6.87. The summed E-state index contributed by atoms with van der Waals surface area (Å²) in [7, 11) is 0. The molecule has 2 aliphatic rings. The van der Waals surface area contributed by atoms with Gasteiger partial charge in [0.2, 0.25) is 0 Å². The van der Waals surface area contributed by atoms with Crippen LogP contribution in [0.2, 0.25) is 0 Å². The first-order valence-electron chi connectivity index (χ1n) is 6.87. The summed E-state index contributed by atoms with van der Waals surface area (Å²) in [5.74, 6) is 0. The third kappa shape index (κ3) is 2.19. The molecular weight excluding hydrogens is 208 g/mol. The zero-order valence-electron chi connectivity index (χ0n) is 10.7. The molecule has 0 amide bonds. The molecule has 1 heterocycles. The van der Waals surface area contributed by atoms with Crippen molar-refractivity contribution in [1.29, 1.82) is 0 Å². The highest BCUT2D eigenvalue weighted by Crippen LogP contribution is 2.31. The van der Waals surface area contributed by atoms with E-state index in [-0.39, 0.29) is 0 Å². The number of nitrogens with one attached hydrogen (secondary N) is 2. The Morgan fingerprint density at radius 2 is 2.12 bits per heavy atom. The van der Waals surface area contributed by atoms with Crippen LogP contribution in [0, 0.1) is 0 Å². The minimum Gasteiger partial charge on any atom is -0.384 e. The predicted molar refractivity (Wildman–Crippen MR) is 72.3 cm³/mol. The molecule has 2 N–H and O–H groups in total. The molecule has 2 nitrogen and oxygen atoms in total. The van der Waals surface area contributed by atoms with Gasteiger partial charge in [0.1, 0.15) is 0 Å². The largest absolute Gasteiger partial charge is 0.384 e. The molecule has 0 unspecified atom stereocenters. The van der Waals surface area contributed by atoms with Gasteiger partial charge in [0.15, 0.2) is 0 Å². The van der Waals surface area contributed by atoms with Crippen molar-refractivity contribution in [3.63, 3.8) is 0 Å². The highest BCUT2D eigenvalue weighted by Gasteiger charge is 2.28. The zero-order chi connectivity index (χ0) is 11.7. The van der Waals surface area contributed by atoms with Gasteiger partial charge in [-0.15, -0.1) is 0 Å². The highest BCUT2D eigenvalue weighted by atomic mass is 15.0.